The molecule has 0 atom stereocenters. The van der Waals surface area contributed by atoms with Gasteiger partial charge >= 0.3 is 0 Å². The summed E-state index contributed by atoms with van der Waals surface area (Å²) >= 11 is 0. The quantitative estimate of drug-likeness (QED) is 0.600. The fraction of sp³-hybridized carbons (Fsp3) is 0.273. The summed E-state index contributed by atoms with van der Waals surface area (Å²) in [5, 5.41) is 2.61. The summed E-state index contributed by atoms with van der Waals surface area (Å²) in [7, 11) is 0. The molecule has 0 fully saturated rings. The number of nitrogen functional groups attached to an aromatic ring is 1. The van der Waals surface area contributed by atoms with E-state index in [0.717, 1.165) is 5.56 Å². The van der Waals surface area contributed by atoms with Crippen LogP contribution < -0.4 is 16.8 Å². The van der Waals surface area contributed by atoms with E-state index in [9.17, 15) is 9.59 Å². The Labute approximate surface area is 93.8 Å². The van der Waals surface area contributed by atoms with E-state index >= 15 is 0 Å². The van der Waals surface area contributed by atoms with Gasteiger partial charge in [0.1, 0.15) is 0 Å². The zero-order valence-corrected chi connectivity index (χ0v) is 8.90. The van der Waals surface area contributed by atoms with Crippen LogP contribution in [0, 0.1) is 0 Å². The molecule has 5 nitrogen and oxygen atoms in total. The van der Waals surface area contributed by atoms with Crippen LogP contribution in [0.4, 0.5) is 5.69 Å². The molecule has 0 heterocycles. The van der Waals surface area contributed by atoms with Gasteiger partial charge in [0.15, 0.2) is 0 Å². The maximum Gasteiger partial charge on any atom is 0.224 e. The highest BCUT2D eigenvalue weighted by atomic mass is 16.2. The first-order valence-electron chi connectivity index (χ1n) is 4.97. The molecule has 0 bridgehead atoms. The van der Waals surface area contributed by atoms with E-state index in [1.54, 1.807) is 24.3 Å². The number of carbonyl (C=O) groups excluding carboxylic acids is 2. The van der Waals surface area contributed by atoms with E-state index in [0.29, 0.717) is 5.69 Å². The summed E-state index contributed by atoms with van der Waals surface area (Å²) in [6.45, 7) is 0.281. The highest BCUT2D eigenvalue weighted by molar-refractivity contribution is 5.80. The van der Waals surface area contributed by atoms with Gasteiger partial charge in [-0.1, -0.05) is 12.1 Å². The molecule has 0 aliphatic carbocycles. The fourth-order valence-corrected chi connectivity index (χ4v) is 1.21. The Balaban J connectivity index is 2.34. The van der Waals surface area contributed by atoms with Crippen molar-refractivity contribution in [3.8, 4) is 0 Å². The molecular formula is C11H15N3O2. The van der Waals surface area contributed by atoms with Crippen molar-refractivity contribution in [3.05, 3.63) is 29.8 Å². The van der Waals surface area contributed by atoms with Crippen LogP contribution in [0.15, 0.2) is 24.3 Å². The molecule has 0 aliphatic heterocycles. The summed E-state index contributed by atoms with van der Waals surface area (Å²) in [4.78, 5) is 21.8. The Morgan fingerprint density at radius 1 is 1.19 bits per heavy atom. The van der Waals surface area contributed by atoms with Gasteiger partial charge in [0, 0.05) is 18.7 Å². The van der Waals surface area contributed by atoms with Gasteiger partial charge in [-0.2, -0.15) is 0 Å². The lowest BCUT2D eigenvalue weighted by Gasteiger charge is -2.04. The molecule has 86 valence electrons. The molecule has 0 saturated heterocycles. The molecule has 0 spiro atoms. The Kier molecular flexibility index (Phi) is 4.32. The first-order valence-corrected chi connectivity index (χ1v) is 4.97. The minimum Gasteiger partial charge on any atom is -0.399 e. The Bertz CT molecular complexity index is 373. The lowest BCUT2D eigenvalue weighted by molar-refractivity contribution is -0.120. The third-order valence-corrected chi connectivity index (χ3v) is 2.04. The van der Waals surface area contributed by atoms with E-state index in [4.69, 9.17) is 11.5 Å². The SMILES string of the molecule is NC(=O)CCNC(=O)Cc1ccc(N)cc1. The molecular weight excluding hydrogens is 206 g/mol. The van der Waals surface area contributed by atoms with Crippen LogP contribution in [0.3, 0.4) is 0 Å². The van der Waals surface area contributed by atoms with Gasteiger partial charge in [0.05, 0.1) is 6.42 Å². The van der Waals surface area contributed by atoms with Crippen LogP contribution in [0.5, 0.6) is 0 Å². The molecule has 16 heavy (non-hydrogen) atoms. The average molecular weight is 221 g/mol. The normalized spacial score (nSPS) is 9.75. The van der Waals surface area contributed by atoms with E-state index < -0.39 is 5.91 Å². The van der Waals surface area contributed by atoms with Crippen molar-refractivity contribution in [1.82, 2.24) is 5.32 Å². The van der Waals surface area contributed by atoms with Crippen molar-refractivity contribution in [3.63, 3.8) is 0 Å². The minimum atomic E-state index is -0.423. The van der Waals surface area contributed by atoms with E-state index in [2.05, 4.69) is 5.32 Å². The minimum absolute atomic E-state index is 0.133. The number of nitrogens with one attached hydrogen (secondary N) is 1. The second kappa shape index (κ2) is 5.75. The predicted molar refractivity (Wildman–Crippen MR) is 61.4 cm³/mol. The first-order chi connectivity index (χ1) is 7.58. The summed E-state index contributed by atoms with van der Waals surface area (Å²) in [5.74, 6) is -0.557. The number of anilines is 1. The Morgan fingerprint density at radius 2 is 1.81 bits per heavy atom. The summed E-state index contributed by atoms with van der Waals surface area (Å²) < 4.78 is 0. The number of rotatable bonds is 5. The van der Waals surface area contributed by atoms with E-state index in [1.807, 2.05) is 0 Å². The Hall–Kier alpha value is -2.04. The van der Waals surface area contributed by atoms with Crippen molar-refractivity contribution in [2.24, 2.45) is 5.73 Å². The molecule has 0 saturated carbocycles. The summed E-state index contributed by atoms with van der Waals surface area (Å²) in [5.41, 5.74) is 12.0. The number of nitrogens with two attached hydrogens (primary N) is 2. The molecule has 2 amide bonds. The third-order valence-electron chi connectivity index (χ3n) is 2.04. The highest BCUT2D eigenvalue weighted by Crippen LogP contribution is 2.05. The lowest BCUT2D eigenvalue weighted by atomic mass is 10.1. The van der Waals surface area contributed by atoms with Crippen LogP contribution in [0.2, 0.25) is 0 Å². The second-order valence-electron chi connectivity index (χ2n) is 3.48. The zero-order chi connectivity index (χ0) is 12.0. The number of carbonyl (C=O) groups is 2. The monoisotopic (exact) mass is 221 g/mol. The number of amides is 2. The summed E-state index contributed by atoms with van der Waals surface area (Å²) in [6, 6.07) is 7.07. The fourth-order valence-electron chi connectivity index (χ4n) is 1.21. The number of hydrogen-bond donors (Lipinski definition) is 3. The summed E-state index contributed by atoms with van der Waals surface area (Å²) in [6.07, 6.45) is 0.437. The highest BCUT2D eigenvalue weighted by Gasteiger charge is 2.03. The standard InChI is InChI=1S/C11H15N3O2/c12-9-3-1-8(2-4-9)7-11(16)14-6-5-10(13)15/h1-4H,5-7,12H2,(H2,13,15)(H,14,16). The number of hydrogen-bond acceptors (Lipinski definition) is 3. The van der Waals surface area contributed by atoms with Crippen molar-refractivity contribution in [1.29, 1.82) is 0 Å². The average Bonchev–Trinajstić information content (AvgIpc) is 2.21. The van der Waals surface area contributed by atoms with Crippen molar-refractivity contribution in [2.75, 3.05) is 12.3 Å². The van der Waals surface area contributed by atoms with Crippen LogP contribution in [0.1, 0.15) is 12.0 Å². The molecule has 5 N–H and O–H groups in total. The van der Waals surface area contributed by atoms with E-state index in [1.165, 1.54) is 0 Å². The molecule has 0 aromatic heterocycles. The molecule has 1 aromatic carbocycles. The third kappa shape index (κ3) is 4.45. The molecule has 1 rings (SSSR count). The van der Waals surface area contributed by atoms with Gasteiger partial charge in [0.2, 0.25) is 11.8 Å². The van der Waals surface area contributed by atoms with Gasteiger partial charge in [-0.25, -0.2) is 0 Å². The number of benzene rings is 1. The van der Waals surface area contributed by atoms with Gasteiger partial charge in [-0.15, -0.1) is 0 Å². The Morgan fingerprint density at radius 3 is 2.38 bits per heavy atom. The zero-order valence-electron chi connectivity index (χ0n) is 8.90. The van der Waals surface area contributed by atoms with Crippen LogP contribution in [0.25, 0.3) is 0 Å². The molecule has 1 aromatic rings. The largest absolute Gasteiger partial charge is 0.399 e. The lowest BCUT2D eigenvalue weighted by Crippen LogP contribution is -2.29. The van der Waals surface area contributed by atoms with Crippen LogP contribution in [-0.4, -0.2) is 18.4 Å². The van der Waals surface area contributed by atoms with Gasteiger partial charge in [-0.3, -0.25) is 9.59 Å². The van der Waals surface area contributed by atoms with Gasteiger partial charge in [-0.05, 0) is 17.7 Å². The molecule has 5 heteroatoms. The van der Waals surface area contributed by atoms with Gasteiger partial charge < -0.3 is 16.8 Å². The van der Waals surface area contributed by atoms with Crippen molar-refractivity contribution in [2.45, 2.75) is 12.8 Å². The first kappa shape index (κ1) is 12.0. The molecule has 0 radical (unpaired) electrons. The topological polar surface area (TPSA) is 98.2 Å². The second-order valence-corrected chi connectivity index (χ2v) is 3.48. The van der Waals surface area contributed by atoms with Crippen LogP contribution in [-0.2, 0) is 16.0 Å². The smallest absolute Gasteiger partial charge is 0.224 e. The molecule has 0 aliphatic rings. The number of primary amides is 1. The van der Waals surface area contributed by atoms with Crippen LogP contribution >= 0.6 is 0 Å². The van der Waals surface area contributed by atoms with Crippen molar-refractivity contribution < 1.29 is 9.59 Å². The van der Waals surface area contributed by atoms with E-state index in [-0.39, 0.29) is 25.3 Å². The maximum atomic E-state index is 11.4. The predicted octanol–water partition coefficient (Wildman–Crippen LogP) is -0.197. The molecule has 0 unspecified atom stereocenters. The maximum absolute atomic E-state index is 11.4. The van der Waals surface area contributed by atoms with Gasteiger partial charge in [0.25, 0.3) is 0 Å². The van der Waals surface area contributed by atoms with Crippen molar-refractivity contribution >= 4 is 17.5 Å².